The number of rotatable bonds is 5. The number of carbonyl (C=O) groups excluding carboxylic acids is 2. The van der Waals surface area contributed by atoms with Crippen LogP contribution in [0.15, 0.2) is 42.7 Å². The Labute approximate surface area is 159 Å². The summed E-state index contributed by atoms with van der Waals surface area (Å²) < 4.78 is 0. The van der Waals surface area contributed by atoms with Crippen molar-refractivity contribution in [1.29, 1.82) is 0 Å². The molecule has 2 aromatic rings. The number of nitrogens with zero attached hydrogens (tertiary/aromatic N) is 1. The van der Waals surface area contributed by atoms with E-state index < -0.39 is 0 Å². The summed E-state index contributed by atoms with van der Waals surface area (Å²) >= 11 is 0. The number of anilines is 3. The molecule has 0 spiro atoms. The van der Waals surface area contributed by atoms with Crippen molar-refractivity contribution in [2.45, 2.75) is 51.5 Å². The van der Waals surface area contributed by atoms with Gasteiger partial charge in [-0.1, -0.05) is 31.7 Å². The minimum atomic E-state index is -0.230. The van der Waals surface area contributed by atoms with E-state index in [0.717, 1.165) is 18.5 Å². The van der Waals surface area contributed by atoms with Gasteiger partial charge in [-0.15, -0.1) is 0 Å². The normalized spacial score (nSPS) is 14.9. The molecule has 0 bridgehead atoms. The number of hydrogen-bond donors (Lipinski definition) is 3. The van der Waals surface area contributed by atoms with Crippen molar-refractivity contribution < 1.29 is 9.59 Å². The molecule has 6 nitrogen and oxygen atoms in total. The van der Waals surface area contributed by atoms with Gasteiger partial charge >= 0.3 is 0 Å². The maximum Gasteiger partial charge on any atom is 0.257 e. The summed E-state index contributed by atoms with van der Waals surface area (Å²) in [5.41, 5.74) is 2.63. The molecule has 2 amide bonds. The van der Waals surface area contributed by atoms with Gasteiger partial charge in [0.25, 0.3) is 5.91 Å². The Kier molecular flexibility index (Phi) is 6.41. The van der Waals surface area contributed by atoms with Crippen LogP contribution in [-0.2, 0) is 4.79 Å². The summed E-state index contributed by atoms with van der Waals surface area (Å²) in [6, 6.07) is 9.34. The number of carbonyl (C=O) groups is 2. The molecular formula is C21H26N4O2. The van der Waals surface area contributed by atoms with E-state index in [2.05, 4.69) is 20.9 Å². The van der Waals surface area contributed by atoms with Gasteiger partial charge in [0.1, 0.15) is 0 Å². The lowest BCUT2D eigenvalue weighted by molar-refractivity contribution is -0.114. The first kappa shape index (κ1) is 18.9. The summed E-state index contributed by atoms with van der Waals surface area (Å²) in [5, 5.41) is 9.08. The molecule has 3 N–H and O–H groups in total. The lowest BCUT2D eigenvalue weighted by Gasteiger charge is -2.17. The molecule has 1 saturated carbocycles. The van der Waals surface area contributed by atoms with Gasteiger partial charge in [0, 0.05) is 36.7 Å². The molecule has 1 heterocycles. The van der Waals surface area contributed by atoms with E-state index >= 15 is 0 Å². The van der Waals surface area contributed by atoms with Crippen molar-refractivity contribution in [1.82, 2.24) is 4.98 Å². The number of aromatic nitrogens is 1. The van der Waals surface area contributed by atoms with Crippen molar-refractivity contribution in [3.05, 3.63) is 48.3 Å². The zero-order valence-corrected chi connectivity index (χ0v) is 15.6. The van der Waals surface area contributed by atoms with Crippen LogP contribution in [0.4, 0.5) is 17.1 Å². The molecule has 0 unspecified atom stereocenters. The second-order valence-corrected chi connectivity index (χ2v) is 7.01. The molecule has 1 aromatic carbocycles. The maximum atomic E-state index is 12.6. The van der Waals surface area contributed by atoms with Crippen molar-refractivity contribution in [2.24, 2.45) is 0 Å². The highest BCUT2D eigenvalue weighted by Gasteiger charge is 2.13. The van der Waals surface area contributed by atoms with Crippen LogP contribution in [0.2, 0.25) is 0 Å². The van der Waals surface area contributed by atoms with Gasteiger partial charge in [-0.05, 0) is 37.1 Å². The lowest BCUT2D eigenvalue weighted by atomic mass is 10.1. The number of benzene rings is 1. The quantitative estimate of drug-likeness (QED) is 0.684. The molecule has 0 saturated heterocycles. The molecule has 0 radical (unpaired) electrons. The fourth-order valence-corrected chi connectivity index (χ4v) is 3.38. The van der Waals surface area contributed by atoms with E-state index in [-0.39, 0.29) is 11.8 Å². The summed E-state index contributed by atoms with van der Waals surface area (Å²) in [7, 11) is 0. The van der Waals surface area contributed by atoms with Gasteiger partial charge in [-0.3, -0.25) is 14.6 Å². The maximum absolute atomic E-state index is 12.6. The Morgan fingerprint density at radius 2 is 1.63 bits per heavy atom. The monoisotopic (exact) mass is 366 g/mol. The molecule has 6 heteroatoms. The number of amides is 2. The molecule has 142 valence electrons. The molecule has 27 heavy (non-hydrogen) atoms. The summed E-state index contributed by atoms with van der Waals surface area (Å²) in [6.45, 7) is 1.45. The van der Waals surface area contributed by atoms with E-state index in [1.165, 1.54) is 32.6 Å². The van der Waals surface area contributed by atoms with E-state index in [1.807, 2.05) is 6.07 Å². The summed E-state index contributed by atoms with van der Waals surface area (Å²) in [5.74, 6) is -0.382. The Hall–Kier alpha value is -2.89. The van der Waals surface area contributed by atoms with Gasteiger partial charge in [0.15, 0.2) is 0 Å². The molecule has 1 aliphatic carbocycles. The molecule has 1 fully saturated rings. The minimum Gasteiger partial charge on any atom is -0.381 e. The van der Waals surface area contributed by atoms with Gasteiger partial charge in [-0.25, -0.2) is 0 Å². The highest BCUT2D eigenvalue weighted by atomic mass is 16.2. The SMILES string of the molecule is CC(=O)Nc1cccc(NC(=O)c2cncc(NC3CCCCCC3)c2)c1. The van der Waals surface area contributed by atoms with Crippen LogP contribution in [0.1, 0.15) is 55.8 Å². The standard InChI is InChI=1S/C21H26N4O2/c1-15(26)23-18-9-6-10-19(12-18)25-21(27)16-11-20(14-22-13-16)24-17-7-4-2-3-5-8-17/h6,9-14,17,24H,2-5,7-8H2,1H3,(H,23,26)(H,25,27). The predicted octanol–water partition coefficient (Wildman–Crippen LogP) is 4.43. The van der Waals surface area contributed by atoms with E-state index in [4.69, 9.17) is 0 Å². The first-order valence-electron chi connectivity index (χ1n) is 9.51. The van der Waals surface area contributed by atoms with Crippen molar-refractivity contribution in [3.8, 4) is 0 Å². The van der Waals surface area contributed by atoms with Crippen LogP contribution >= 0.6 is 0 Å². The highest BCUT2D eigenvalue weighted by Crippen LogP contribution is 2.22. The predicted molar refractivity (Wildman–Crippen MR) is 108 cm³/mol. The molecule has 0 atom stereocenters. The van der Waals surface area contributed by atoms with Crippen LogP contribution < -0.4 is 16.0 Å². The molecule has 1 aromatic heterocycles. The zero-order chi connectivity index (χ0) is 19.1. The third kappa shape index (κ3) is 5.81. The van der Waals surface area contributed by atoms with Crippen LogP contribution in [0.3, 0.4) is 0 Å². The second kappa shape index (κ2) is 9.16. The molecule has 3 rings (SSSR count). The van der Waals surface area contributed by atoms with Gasteiger partial charge in [0.05, 0.1) is 11.3 Å². The Morgan fingerprint density at radius 3 is 2.33 bits per heavy atom. The third-order valence-corrected chi connectivity index (χ3v) is 4.67. The largest absolute Gasteiger partial charge is 0.381 e. The van der Waals surface area contributed by atoms with Gasteiger partial charge in [-0.2, -0.15) is 0 Å². The smallest absolute Gasteiger partial charge is 0.257 e. The fraction of sp³-hybridized carbons (Fsp3) is 0.381. The fourth-order valence-electron chi connectivity index (χ4n) is 3.38. The van der Waals surface area contributed by atoms with Crippen molar-refractivity contribution in [3.63, 3.8) is 0 Å². The van der Waals surface area contributed by atoms with Crippen LogP contribution in [0.25, 0.3) is 0 Å². The van der Waals surface area contributed by atoms with E-state index in [0.29, 0.717) is 23.0 Å². The number of pyridine rings is 1. The number of hydrogen-bond acceptors (Lipinski definition) is 4. The van der Waals surface area contributed by atoms with Crippen molar-refractivity contribution >= 4 is 28.9 Å². The van der Waals surface area contributed by atoms with E-state index in [1.54, 1.807) is 36.7 Å². The first-order chi connectivity index (χ1) is 13.1. The van der Waals surface area contributed by atoms with Gasteiger partial charge < -0.3 is 16.0 Å². The average molecular weight is 366 g/mol. The molecule has 1 aliphatic rings. The third-order valence-electron chi connectivity index (χ3n) is 4.67. The minimum absolute atomic E-state index is 0.153. The summed E-state index contributed by atoms with van der Waals surface area (Å²) in [6.07, 6.45) is 10.7. The summed E-state index contributed by atoms with van der Waals surface area (Å²) in [4.78, 5) is 28.0. The van der Waals surface area contributed by atoms with E-state index in [9.17, 15) is 9.59 Å². The Morgan fingerprint density at radius 1 is 0.926 bits per heavy atom. The average Bonchev–Trinajstić information content (AvgIpc) is 2.90. The van der Waals surface area contributed by atoms with Crippen LogP contribution in [0.5, 0.6) is 0 Å². The zero-order valence-electron chi connectivity index (χ0n) is 15.6. The second-order valence-electron chi connectivity index (χ2n) is 7.01. The van der Waals surface area contributed by atoms with Crippen molar-refractivity contribution in [2.75, 3.05) is 16.0 Å². The lowest BCUT2D eigenvalue weighted by Crippen LogP contribution is -2.19. The Balaban J connectivity index is 1.65. The van der Waals surface area contributed by atoms with Crippen LogP contribution in [-0.4, -0.2) is 22.8 Å². The topological polar surface area (TPSA) is 83.1 Å². The van der Waals surface area contributed by atoms with Gasteiger partial charge in [0.2, 0.25) is 5.91 Å². The number of nitrogens with one attached hydrogen (secondary N) is 3. The van der Waals surface area contributed by atoms with Crippen LogP contribution in [0, 0.1) is 0 Å². The molecule has 0 aliphatic heterocycles. The highest BCUT2D eigenvalue weighted by molar-refractivity contribution is 6.05. The molecular weight excluding hydrogens is 340 g/mol. The first-order valence-corrected chi connectivity index (χ1v) is 9.51. The Bertz CT molecular complexity index is 798.